The van der Waals surface area contributed by atoms with E-state index in [1.54, 1.807) is 0 Å². The molecule has 0 bridgehead atoms. The van der Waals surface area contributed by atoms with Crippen molar-refractivity contribution in [3.8, 4) is 0 Å². The van der Waals surface area contributed by atoms with E-state index in [0.29, 0.717) is 0 Å². The van der Waals surface area contributed by atoms with Crippen molar-refractivity contribution < 1.29 is 0 Å². The van der Waals surface area contributed by atoms with E-state index < -0.39 is 0 Å². The van der Waals surface area contributed by atoms with E-state index in [0.717, 1.165) is 16.5 Å². The first-order valence-corrected chi connectivity index (χ1v) is 5.84. The second-order valence-electron chi connectivity index (χ2n) is 3.50. The lowest BCUT2D eigenvalue weighted by Gasteiger charge is -2.04. The highest BCUT2D eigenvalue weighted by atomic mass is 31.0. The molecule has 0 aliphatic heterocycles. The molecule has 0 aliphatic rings. The number of rotatable bonds is 3. The van der Waals surface area contributed by atoms with Gasteiger partial charge in [-0.15, -0.1) is 18.5 Å². The quantitative estimate of drug-likeness (QED) is 0.555. The molecule has 1 aromatic carbocycles. The molecule has 0 aromatic heterocycles. The molecular formula is C13H16P2. The molecule has 2 atom stereocenters. The van der Waals surface area contributed by atoms with E-state index in [9.17, 15) is 0 Å². The molecule has 0 heterocycles. The Hall–Kier alpha value is -0.700. The summed E-state index contributed by atoms with van der Waals surface area (Å²) >= 11 is 0. The van der Waals surface area contributed by atoms with E-state index in [2.05, 4.69) is 56.8 Å². The van der Waals surface area contributed by atoms with Gasteiger partial charge < -0.3 is 0 Å². The van der Waals surface area contributed by atoms with Crippen LogP contribution in [-0.4, -0.2) is 0 Å². The molecule has 0 amide bonds. The zero-order valence-electron chi connectivity index (χ0n) is 8.96. The summed E-state index contributed by atoms with van der Waals surface area (Å²) in [4.78, 5) is 0. The first kappa shape index (κ1) is 12.4. The maximum atomic E-state index is 4.02. The summed E-state index contributed by atoms with van der Waals surface area (Å²) < 4.78 is 0. The molecule has 1 rings (SSSR count). The summed E-state index contributed by atoms with van der Waals surface area (Å²) in [6.45, 7) is 9.90. The van der Waals surface area contributed by atoms with E-state index in [4.69, 9.17) is 0 Å². The van der Waals surface area contributed by atoms with Crippen molar-refractivity contribution in [3.05, 3.63) is 60.0 Å². The topological polar surface area (TPSA) is 0 Å². The summed E-state index contributed by atoms with van der Waals surface area (Å²) in [7, 11) is 5.27. The molecule has 0 aliphatic carbocycles. The Labute approximate surface area is 96.6 Å². The lowest BCUT2D eigenvalue weighted by atomic mass is 10.0. The number of aryl methyl sites for hydroxylation is 1. The summed E-state index contributed by atoms with van der Waals surface area (Å²) in [5, 5.41) is 2.18. The predicted octanol–water partition coefficient (Wildman–Crippen LogP) is 3.45. The van der Waals surface area contributed by atoms with E-state index in [1.807, 2.05) is 12.2 Å². The van der Waals surface area contributed by atoms with Crippen LogP contribution in [0.2, 0.25) is 0 Å². The molecule has 2 heteroatoms. The Morgan fingerprint density at radius 2 is 1.93 bits per heavy atom. The standard InChI is InChI=1S/C13H16P2/c1-9(4-5-11(3)14)12-6-7-13(15)10(2)8-12/h4-8H,1,3,14-15H2,2H3/b5-4-. The molecule has 0 saturated carbocycles. The largest absolute Gasteiger partial charge is 0.106 e. The van der Waals surface area contributed by atoms with Crippen LogP contribution in [0, 0.1) is 6.92 Å². The molecule has 0 N–H and O–H groups in total. The lowest BCUT2D eigenvalue weighted by molar-refractivity contribution is 1.49. The Morgan fingerprint density at radius 1 is 1.27 bits per heavy atom. The van der Waals surface area contributed by atoms with Gasteiger partial charge in [-0.3, -0.25) is 0 Å². The van der Waals surface area contributed by atoms with Crippen molar-refractivity contribution in [1.82, 2.24) is 0 Å². The van der Waals surface area contributed by atoms with Crippen LogP contribution < -0.4 is 5.30 Å². The third-order valence-corrected chi connectivity index (χ3v) is 2.98. The fourth-order valence-electron chi connectivity index (χ4n) is 1.18. The normalized spacial score (nSPS) is 10.6. The third kappa shape index (κ3) is 3.74. The SMILES string of the molecule is C=C(P)/C=C\C(=C)c1ccc(P)c(C)c1. The monoisotopic (exact) mass is 234 g/mol. The summed E-state index contributed by atoms with van der Waals surface area (Å²) in [6.07, 6.45) is 3.92. The van der Waals surface area contributed by atoms with E-state index in [1.165, 1.54) is 10.9 Å². The minimum Gasteiger partial charge on any atom is -0.106 e. The van der Waals surface area contributed by atoms with Crippen LogP contribution in [0.25, 0.3) is 5.57 Å². The zero-order chi connectivity index (χ0) is 11.4. The minimum atomic E-state index is 0.954. The van der Waals surface area contributed by atoms with Gasteiger partial charge in [0.2, 0.25) is 0 Å². The van der Waals surface area contributed by atoms with Gasteiger partial charge in [-0.05, 0) is 34.2 Å². The number of benzene rings is 1. The van der Waals surface area contributed by atoms with Gasteiger partial charge in [-0.2, -0.15) is 0 Å². The van der Waals surface area contributed by atoms with Gasteiger partial charge in [0.25, 0.3) is 0 Å². The van der Waals surface area contributed by atoms with Crippen LogP contribution in [0.1, 0.15) is 11.1 Å². The smallest absolute Gasteiger partial charge is 0.0187 e. The fraction of sp³-hybridized carbons (Fsp3) is 0.0769. The minimum absolute atomic E-state index is 0.954. The average molecular weight is 234 g/mol. The van der Waals surface area contributed by atoms with Gasteiger partial charge in [0.15, 0.2) is 0 Å². The molecule has 1 aromatic rings. The van der Waals surface area contributed by atoms with E-state index in [-0.39, 0.29) is 0 Å². The third-order valence-electron chi connectivity index (χ3n) is 2.14. The van der Waals surface area contributed by atoms with Crippen LogP contribution in [0.15, 0.2) is 48.8 Å². The van der Waals surface area contributed by atoms with Gasteiger partial charge in [0, 0.05) is 0 Å². The van der Waals surface area contributed by atoms with Crippen molar-refractivity contribution in [2.75, 3.05) is 0 Å². The molecule has 0 fully saturated rings. The number of allylic oxidation sites excluding steroid dienone is 4. The molecule has 0 spiro atoms. The maximum absolute atomic E-state index is 4.02. The van der Waals surface area contributed by atoms with Crippen molar-refractivity contribution >= 4 is 29.4 Å². The van der Waals surface area contributed by atoms with Crippen LogP contribution in [0.3, 0.4) is 0 Å². The van der Waals surface area contributed by atoms with Crippen molar-refractivity contribution in [2.45, 2.75) is 6.92 Å². The molecule has 78 valence electrons. The summed E-state index contributed by atoms with van der Waals surface area (Å²) in [5.41, 5.74) is 3.42. The molecule has 15 heavy (non-hydrogen) atoms. The van der Waals surface area contributed by atoms with Crippen molar-refractivity contribution in [1.29, 1.82) is 0 Å². The van der Waals surface area contributed by atoms with Crippen LogP contribution in [0.4, 0.5) is 0 Å². The molecular weight excluding hydrogens is 218 g/mol. The van der Waals surface area contributed by atoms with Gasteiger partial charge in [-0.1, -0.05) is 43.5 Å². The van der Waals surface area contributed by atoms with E-state index >= 15 is 0 Å². The second kappa shape index (κ2) is 5.40. The summed E-state index contributed by atoms with van der Waals surface area (Å²) in [6, 6.07) is 6.30. The lowest BCUT2D eigenvalue weighted by Crippen LogP contribution is -1.96. The van der Waals surface area contributed by atoms with Crippen LogP contribution in [0.5, 0.6) is 0 Å². The average Bonchev–Trinajstić information content (AvgIpc) is 2.18. The second-order valence-corrected chi connectivity index (χ2v) is 4.87. The van der Waals surface area contributed by atoms with Gasteiger partial charge >= 0.3 is 0 Å². The highest BCUT2D eigenvalue weighted by Crippen LogP contribution is 2.16. The van der Waals surface area contributed by atoms with Crippen molar-refractivity contribution in [2.24, 2.45) is 0 Å². The highest BCUT2D eigenvalue weighted by Gasteiger charge is 1.97. The predicted molar refractivity (Wildman–Crippen MR) is 77.5 cm³/mol. The molecule has 0 saturated heterocycles. The van der Waals surface area contributed by atoms with Gasteiger partial charge in [0.1, 0.15) is 0 Å². The zero-order valence-corrected chi connectivity index (χ0v) is 11.3. The van der Waals surface area contributed by atoms with Gasteiger partial charge in [-0.25, -0.2) is 0 Å². The number of hydrogen-bond donors (Lipinski definition) is 0. The summed E-state index contributed by atoms with van der Waals surface area (Å²) in [5.74, 6) is 0. The molecule has 0 radical (unpaired) electrons. The number of hydrogen-bond acceptors (Lipinski definition) is 0. The Bertz CT molecular complexity index is 428. The first-order chi connectivity index (χ1) is 7.00. The highest BCUT2D eigenvalue weighted by molar-refractivity contribution is 7.27. The Balaban J connectivity index is 2.92. The van der Waals surface area contributed by atoms with Crippen LogP contribution in [-0.2, 0) is 0 Å². The Morgan fingerprint density at radius 3 is 2.47 bits per heavy atom. The first-order valence-electron chi connectivity index (χ1n) is 4.68. The molecule has 2 unspecified atom stereocenters. The fourth-order valence-corrected chi connectivity index (χ4v) is 1.46. The maximum Gasteiger partial charge on any atom is -0.0187 e. The van der Waals surface area contributed by atoms with Gasteiger partial charge in [0.05, 0.1) is 0 Å². The van der Waals surface area contributed by atoms with Crippen molar-refractivity contribution in [3.63, 3.8) is 0 Å². The molecule has 0 nitrogen and oxygen atoms in total. The van der Waals surface area contributed by atoms with Crippen LogP contribution >= 0.6 is 18.5 Å². The Kier molecular flexibility index (Phi) is 4.45.